The summed E-state index contributed by atoms with van der Waals surface area (Å²) in [5, 5.41) is 22.5. The average Bonchev–Trinajstić information content (AvgIpc) is 3.16. The van der Waals surface area contributed by atoms with Crippen LogP contribution in [0.4, 0.5) is 11.4 Å². The normalized spacial score (nSPS) is 10.9. The maximum absolute atomic E-state index is 12.0. The van der Waals surface area contributed by atoms with Gasteiger partial charge in [0.15, 0.2) is 0 Å². The third-order valence-corrected chi connectivity index (χ3v) is 3.76. The van der Waals surface area contributed by atoms with Gasteiger partial charge in [0, 0.05) is 29.5 Å². The van der Waals surface area contributed by atoms with Gasteiger partial charge in [0.05, 0.1) is 4.92 Å². The Bertz CT molecular complexity index is 990. The fraction of sp³-hybridized carbons (Fsp3) is 0.0500. The zero-order valence-corrected chi connectivity index (χ0v) is 14.2. The van der Waals surface area contributed by atoms with Crippen molar-refractivity contribution >= 4 is 23.4 Å². The number of rotatable bonds is 6. The molecule has 0 bridgehead atoms. The van der Waals surface area contributed by atoms with Gasteiger partial charge in [0.1, 0.15) is 18.1 Å². The summed E-state index contributed by atoms with van der Waals surface area (Å²) >= 11 is 0. The number of carbonyl (C=O) groups is 1. The van der Waals surface area contributed by atoms with E-state index in [-0.39, 0.29) is 18.2 Å². The molecule has 0 saturated carbocycles. The van der Waals surface area contributed by atoms with Crippen molar-refractivity contribution in [3.05, 3.63) is 88.2 Å². The van der Waals surface area contributed by atoms with Gasteiger partial charge < -0.3 is 14.8 Å². The Morgan fingerprint density at radius 1 is 1.15 bits per heavy atom. The second-order valence-electron chi connectivity index (χ2n) is 5.68. The van der Waals surface area contributed by atoms with Crippen LogP contribution >= 0.6 is 0 Å². The Morgan fingerprint density at radius 3 is 2.59 bits per heavy atom. The Labute approximate surface area is 154 Å². The van der Waals surface area contributed by atoms with Crippen LogP contribution < -0.4 is 5.32 Å². The summed E-state index contributed by atoms with van der Waals surface area (Å²) in [7, 11) is 0. The summed E-state index contributed by atoms with van der Waals surface area (Å²) in [5.41, 5.74) is 1.95. The van der Waals surface area contributed by atoms with E-state index in [2.05, 4.69) is 5.32 Å². The highest BCUT2D eigenvalue weighted by Gasteiger charge is 2.06. The largest absolute Gasteiger partial charge is 0.459 e. The van der Waals surface area contributed by atoms with Crippen molar-refractivity contribution in [1.82, 2.24) is 0 Å². The van der Waals surface area contributed by atoms with E-state index in [1.807, 2.05) is 0 Å². The molecule has 2 aromatic carbocycles. The predicted molar refractivity (Wildman–Crippen MR) is 101 cm³/mol. The summed E-state index contributed by atoms with van der Waals surface area (Å²) in [5.74, 6) is 0.756. The Morgan fingerprint density at radius 2 is 1.93 bits per heavy atom. The van der Waals surface area contributed by atoms with E-state index in [0.29, 0.717) is 22.8 Å². The maximum atomic E-state index is 12.0. The number of hydrogen-bond acceptors (Lipinski definition) is 5. The van der Waals surface area contributed by atoms with Crippen molar-refractivity contribution in [2.75, 3.05) is 5.32 Å². The van der Waals surface area contributed by atoms with Crippen molar-refractivity contribution < 1.29 is 19.2 Å². The maximum Gasteiger partial charge on any atom is 0.270 e. The number of non-ortho nitro benzene ring substituents is 1. The van der Waals surface area contributed by atoms with E-state index in [4.69, 9.17) is 9.52 Å². The second-order valence-corrected chi connectivity index (χ2v) is 5.68. The van der Waals surface area contributed by atoms with E-state index >= 15 is 0 Å². The molecule has 1 heterocycles. The van der Waals surface area contributed by atoms with Crippen LogP contribution in [-0.4, -0.2) is 15.9 Å². The van der Waals surface area contributed by atoms with Gasteiger partial charge in [0.25, 0.3) is 5.69 Å². The summed E-state index contributed by atoms with van der Waals surface area (Å²) in [6, 6.07) is 16.5. The molecule has 0 aliphatic carbocycles. The van der Waals surface area contributed by atoms with Gasteiger partial charge in [-0.05, 0) is 48.0 Å². The second kappa shape index (κ2) is 8.11. The van der Waals surface area contributed by atoms with Gasteiger partial charge in [-0.15, -0.1) is 0 Å². The first-order valence-electron chi connectivity index (χ1n) is 8.09. The number of hydrogen-bond donors (Lipinski definition) is 2. The summed E-state index contributed by atoms with van der Waals surface area (Å²) < 4.78 is 5.46. The standard InChI is InChI=1S/C20H16N2O5/c23-13-18-9-10-19(27-18)15-5-7-16(8-6-15)21-20(24)11-4-14-2-1-3-17(12-14)22(25)26/h1-12,23H,13H2,(H,21,24)/b11-4+. The SMILES string of the molecule is O=C(/C=C/c1cccc([N+](=O)[O-])c1)Nc1ccc(-c2ccc(CO)o2)cc1. The highest BCUT2D eigenvalue weighted by Crippen LogP contribution is 2.24. The molecule has 0 aliphatic heterocycles. The van der Waals surface area contributed by atoms with Gasteiger partial charge in [-0.1, -0.05) is 12.1 Å². The van der Waals surface area contributed by atoms with Crippen LogP contribution in [0.15, 0.2) is 71.2 Å². The fourth-order valence-corrected chi connectivity index (χ4v) is 2.43. The first-order chi connectivity index (χ1) is 13.0. The van der Waals surface area contributed by atoms with Crippen LogP contribution in [0.5, 0.6) is 0 Å². The summed E-state index contributed by atoms with van der Waals surface area (Å²) in [6.45, 7) is -0.162. The average molecular weight is 364 g/mol. The molecule has 0 spiro atoms. The van der Waals surface area contributed by atoms with Crippen molar-refractivity contribution in [2.45, 2.75) is 6.61 Å². The lowest BCUT2D eigenvalue weighted by atomic mass is 10.1. The molecule has 3 rings (SSSR count). The van der Waals surface area contributed by atoms with Crippen molar-refractivity contribution in [3.63, 3.8) is 0 Å². The molecule has 0 atom stereocenters. The minimum atomic E-state index is -0.485. The van der Waals surface area contributed by atoms with Crippen molar-refractivity contribution in [3.8, 4) is 11.3 Å². The molecular formula is C20H16N2O5. The van der Waals surface area contributed by atoms with E-state index in [9.17, 15) is 14.9 Å². The minimum absolute atomic E-state index is 0.0320. The van der Waals surface area contributed by atoms with Crippen LogP contribution in [0, 0.1) is 10.1 Å². The van der Waals surface area contributed by atoms with Crippen molar-refractivity contribution in [2.24, 2.45) is 0 Å². The van der Waals surface area contributed by atoms with Crippen LogP contribution in [0.3, 0.4) is 0 Å². The summed E-state index contributed by atoms with van der Waals surface area (Å²) in [6.07, 6.45) is 2.82. The third kappa shape index (κ3) is 4.68. The third-order valence-electron chi connectivity index (χ3n) is 3.76. The predicted octanol–water partition coefficient (Wildman–Crippen LogP) is 4.00. The molecule has 136 valence electrons. The quantitative estimate of drug-likeness (QED) is 0.391. The van der Waals surface area contributed by atoms with Gasteiger partial charge >= 0.3 is 0 Å². The van der Waals surface area contributed by atoms with Gasteiger partial charge in [0.2, 0.25) is 5.91 Å². The number of nitrogens with one attached hydrogen (secondary N) is 1. The van der Waals surface area contributed by atoms with E-state index in [1.165, 1.54) is 24.3 Å². The van der Waals surface area contributed by atoms with E-state index in [1.54, 1.807) is 48.5 Å². The number of nitro groups is 1. The number of furan rings is 1. The lowest BCUT2D eigenvalue weighted by Gasteiger charge is -2.03. The first kappa shape index (κ1) is 18.1. The van der Waals surface area contributed by atoms with Crippen LogP contribution in [0.1, 0.15) is 11.3 Å². The number of aliphatic hydroxyl groups excluding tert-OH is 1. The lowest BCUT2D eigenvalue weighted by molar-refractivity contribution is -0.384. The van der Waals surface area contributed by atoms with Crippen LogP contribution in [0.25, 0.3) is 17.4 Å². The summed E-state index contributed by atoms with van der Waals surface area (Å²) in [4.78, 5) is 22.3. The molecule has 0 saturated heterocycles. The first-order valence-corrected chi connectivity index (χ1v) is 8.09. The molecular weight excluding hydrogens is 348 g/mol. The number of anilines is 1. The highest BCUT2D eigenvalue weighted by atomic mass is 16.6. The molecule has 0 aliphatic rings. The molecule has 0 unspecified atom stereocenters. The van der Waals surface area contributed by atoms with Crippen molar-refractivity contribution in [1.29, 1.82) is 0 Å². The molecule has 7 nitrogen and oxygen atoms in total. The van der Waals surface area contributed by atoms with Crippen LogP contribution in [-0.2, 0) is 11.4 Å². The smallest absolute Gasteiger partial charge is 0.270 e. The Balaban J connectivity index is 1.64. The van der Waals surface area contributed by atoms with E-state index < -0.39 is 4.92 Å². The van der Waals surface area contributed by atoms with Gasteiger partial charge in [-0.3, -0.25) is 14.9 Å². The highest BCUT2D eigenvalue weighted by molar-refractivity contribution is 6.02. The zero-order valence-electron chi connectivity index (χ0n) is 14.2. The minimum Gasteiger partial charge on any atom is -0.459 e. The zero-order chi connectivity index (χ0) is 19.2. The molecule has 27 heavy (non-hydrogen) atoms. The lowest BCUT2D eigenvalue weighted by Crippen LogP contribution is -2.07. The number of aliphatic hydroxyl groups is 1. The molecule has 1 amide bonds. The molecule has 0 fully saturated rings. The Hall–Kier alpha value is -3.71. The molecule has 0 radical (unpaired) electrons. The van der Waals surface area contributed by atoms with E-state index in [0.717, 1.165) is 5.56 Å². The number of amides is 1. The van der Waals surface area contributed by atoms with Gasteiger partial charge in [-0.2, -0.15) is 0 Å². The monoisotopic (exact) mass is 364 g/mol. The number of nitrogens with zero attached hydrogens (tertiary/aromatic N) is 1. The number of nitro benzene ring substituents is 1. The molecule has 7 heteroatoms. The number of carbonyl (C=O) groups excluding carboxylic acids is 1. The number of benzene rings is 2. The molecule has 3 aromatic rings. The Kier molecular flexibility index (Phi) is 5.44. The molecule has 2 N–H and O–H groups in total. The van der Waals surface area contributed by atoms with Gasteiger partial charge in [-0.25, -0.2) is 0 Å². The fourth-order valence-electron chi connectivity index (χ4n) is 2.43. The van der Waals surface area contributed by atoms with Crippen LogP contribution in [0.2, 0.25) is 0 Å². The molecule has 1 aromatic heterocycles. The topological polar surface area (TPSA) is 106 Å².